The zero-order valence-corrected chi connectivity index (χ0v) is 11.4. The van der Waals surface area contributed by atoms with E-state index in [1.807, 2.05) is 14.0 Å². The van der Waals surface area contributed by atoms with Crippen molar-refractivity contribution in [3.05, 3.63) is 18.3 Å². The molecule has 1 atom stereocenters. The van der Waals surface area contributed by atoms with Gasteiger partial charge in [0.2, 0.25) is 10.0 Å². The minimum Gasteiger partial charge on any atom is -0.384 e. The average Bonchev–Trinajstić information content (AvgIpc) is 2.28. The van der Waals surface area contributed by atoms with E-state index in [1.165, 1.54) is 22.6 Å². The van der Waals surface area contributed by atoms with E-state index in [4.69, 9.17) is 5.73 Å². The minimum atomic E-state index is -3.47. The zero-order valence-electron chi connectivity index (χ0n) is 10.6. The molecule has 0 amide bonds. The van der Waals surface area contributed by atoms with Crippen molar-refractivity contribution in [2.75, 3.05) is 32.4 Å². The summed E-state index contributed by atoms with van der Waals surface area (Å²) in [5.74, 6) is 0.220. The van der Waals surface area contributed by atoms with Gasteiger partial charge in [-0.05, 0) is 20.0 Å². The molecule has 100 valence electrons. The Morgan fingerprint density at radius 1 is 1.44 bits per heavy atom. The molecule has 1 saturated heterocycles. The highest BCUT2D eigenvalue weighted by Gasteiger charge is 2.32. The van der Waals surface area contributed by atoms with E-state index in [0.29, 0.717) is 6.54 Å². The molecule has 0 saturated carbocycles. The lowest BCUT2D eigenvalue weighted by molar-refractivity contribution is 0.170. The first kappa shape index (κ1) is 13.3. The van der Waals surface area contributed by atoms with Crippen LogP contribution in [0, 0.1) is 0 Å². The monoisotopic (exact) mass is 270 g/mol. The number of likely N-dealkylation sites (N-methyl/N-ethyl adjacent to an activating group) is 1. The van der Waals surface area contributed by atoms with Gasteiger partial charge in [0, 0.05) is 37.9 Å². The number of anilines is 1. The molecule has 1 aliphatic rings. The molecule has 1 aliphatic heterocycles. The lowest BCUT2D eigenvalue weighted by atomic mass is 10.2. The molecular formula is C11H18N4O2S. The number of hydrogen-bond donors (Lipinski definition) is 1. The SMILES string of the molecule is CC1CN(C)CCN1S(=O)(=O)c1ccnc(N)c1. The van der Waals surface area contributed by atoms with Crippen LogP contribution < -0.4 is 5.73 Å². The number of pyridine rings is 1. The second-order valence-electron chi connectivity index (χ2n) is 4.64. The smallest absolute Gasteiger partial charge is 0.243 e. The summed E-state index contributed by atoms with van der Waals surface area (Å²) in [6.07, 6.45) is 1.42. The van der Waals surface area contributed by atoms with E-state index < -0.39 is 10.0 Å². The lowest BCUT2D eigenvalue weighted by Gasteiger charge is -2.37. The van der Waals surface area contributed by atoms with Crippen LogP contribution in [0.25, 0.3) is 0 Å². The van der Waals surface area contributed by atoms with E-state index >= 15 is 0 Å². The Morgan fingerprint density at radius 2 is 2.17 bits per heavy atom. The standard InChI is InChI=1S/C11H18N4O2S/c1-9-8-14(2)5-6-15(9)18(16,17)10-3-4-13-11(12)7-10/h3-4,7,9H,5-6,8H2,1-2H3,(H2,12,13). The van der Waals surface area contributed by atoms with Crippen LogP contribution in [0.15, 0.2) is 23.2 Å². The topological polar surface area (TPSA) is 79.5 Å². The molecule has 1 fully saturated rings. The second-order valence-corrected chi connectivity index (χ2v) is 6.53. The largest absolute Gasteiger partial charge is 0.384 e. The highest BCUT2D eigenvalue weighted by molar-refractivity contribution is 7.89. The third-order valence-corrected chi connectivity index (χ3v) is 5.14. The Balaban J connectivity index is 2.31. The van der Waals surface area contributed by atoms with Crippen molar-refractivity contribution in [2.45, 2.75) is 17.9 Å². The Labute approximate surface area is 107 Å². The molecule has 2 rings (SSSR count). The van der Waals surface area contributed by atoms with E-state index in [0.717, 1.165) is 13.1 Å². The number of aromatic nitrogens is 1. The van der Waals surface area contributed by atoms with Crippen molar-refractivity contribution >= 4 is 15.8 Å². The molecule has 1 unspecified atom stereocenters. The summed E-state index contributed by atoms with van der Waals surface area (Å²) in [6, 6.07) is 2.85. The van der Waals surface area contributed by atoms with Crippen molar-refractivity contribution < 1.29 is 8.42 Å². The Hall–Kier alpha value is -1.18. The number of rotatable bonds is 2. The maximum atomic E-state index is 12.5. The predicted octanol–water partition coefficient (Wildman–Crippen LogP) is -0.0116. The van der Waals surface area contributed by atoms with Crippen LogP contribution in [0.2, 0.25) is 0 Å². The van der Waals surface area contributed by atoms with Crippen LogP contribution in [-0.2, 0) is 10.0 Å². The van der Waals surface area contributed by atoms with Crippen molar-refractivity contribution in [2.24, 2.45) is 0 Å². The first-order valence-electron chi connectivity index (χ1n) is 5.83. The fourth-order valence-corrected chi connectivity index (χ4v) is 3.84. The Bertz CT molecular complexity index is 532. The minimum absolute atomic E-state index is 0.0388. The summed E-state index contributed by atoms with van der Waals surface area (Å²) < 4.78 is 26.5. The fourth-order valence-electron chi connectivity index (χ4n) is 2.20. The fraction of sp³-hybridized carbons (Fsp3) is 0.545. The molecule has 0 aliphatic carbocycles. The van der Waals surface area contributed by atoms with Gasteiger partial charge in [-0.1, -0.05) is 0 Å². The normalized spacial score (nSPS) is 23.1. The van der Waals surface area contributed by atoms with Crippen LogP contribution >= 0.6 is 0 Å². The van der Waals surface area contributed by atoms with Crippen molar-refractivity contribution in [1.29, 1.82) is 0 Å². The van der Waals surface area contributed by atoms with Crippen LogP contribution in [0.5, 0.6) is 0 Å². The number of nitrogens with two attached hydrogens (primary N) is 1. The maximum Gasteiger partial charge on any atom is 0.243 e. The maximum absolute atomic E-state index is 12.5. The van der Waals surface area contributed by atoms with Gasteiger partial charge in [-0.2, -0.15) is 4.31 Å². The molecule has 0 spiro atoms. The van der Waals surface area contributed by atoms with Crippen LogP contribution in [0.3, 0.4) is 0 Å². The summed E-state index contributed by atoms with van der Waals surface area (Å²) in [7, 11) is -1.48. The summed E-state index contributed by atoms with van der Waals surface area (Å²) in [5, 5.41) is 0. The predicted molar refractivity (Wildman–Crippen MR) is 69.5 cm³/mol. The lowest BCUT2D eigenvalue weighted by Crippen LogP contribution is -2.52. The van der Waals surface area contributed by atoms with Gasteiger partial charge in [0.1, 0.15) is 5.82 Å². The second kappa shape index (κ2) is 4.83. The molecule has 0 radical (unpaired) electrons. The highest BCUT2D eigenvalue weighted by Crippen LogP contribution is 2.21. The quantitative estimate of drug-likeness (QED) is 0.817. The van der Waals surface area contributed by atoms with Gasteiger partial charge in [-0.15, -0.1) is 0 Å². The van der Waals surface area contributed by atoms with E-state index in [9.17, 15) is 8.42 Å². The first-order valence-corrected chi connectivity index (χ1v) is 7.27. The van der Waals surface area contributed by atoms with Crippen LogP contribution in [0.1, 0.15) is 6.92 Å². The molecular weight excluding hydrogens is 252 g/mol. The number of piperazine rings is 1. The van der Waals surface area contributed by atoms with Gasteiger partial charge in [-0.25, -0.2) is 13.4 Å². The van der Waals surface area contributed by atoms with Gasteiger partial charge in [-0.3, -0.25) is 0 Å². The molecule has 2 heterocycles. The van der Waals surface area contributed by atoms with Gasteiger partial charge >= 0.3 is 0 Å². The van der Waals surface area contributed by atoms with Gasteiger partial charge < -0.3 is 10.6 Å². The molecule has 1 aromatic heterocycles. The molecule has 0 bridgehead atoms. The molecule has 1 aromatic rings. The Morgan fingerprint density at radius 3 is 2.78 bits per heavy atom. The highest BCUT2D eigenvalue weighted by atomic mass is 32.2. The van der Waals surface area contributed by atoms with Crippen LogP contribution in [-0.4, -0.2) is 55.3 Å². The molecule has 2 N–H and O–H groups in total. The first-order chi connectivity index (χ1) is 8.41. The summed E-state index contributed by atoms with van der Waals surface area (Å²) in [6.45, 7) is 3.89. The number of nitrogens with zero attached hydrogens (tertiary/aromatic N) is 3. The summed E-state index contributed by atoms with van der Waals surface area (Å²) in [4.78, 5) is 6.15. The van der Waals surface area contributed by atoms with Gasteiger partial charge in [0.15, 0.2) is 0 Å². The number of nitrogen functional groups attached to an aromatic ring is 1. The summed E-state index contributed by atoms with van der Waals surface area (Å²) in [5.41, 5.74) is 5.54. The van der Waals surface area contributed by atoms with Crippen LogP contribution in [0.4, 0.5) is 5.82 Å². The van der Waals surface area contributed by atoms with Crippen molar-refractivity contribution in [3.63, 3.8) is 0 Å². The van der Waals surface area contributed by atoms with E-state index in [2.05, 4.69) is 9.88 Å². The molecule has 7 heteroatoms. The third kappa shape index (κ3) is 2.47. The average molecular weight is 270 g/mol. The number of hydrogen-bond acceptors (Lipinski definition) is 5. The van der Waals surface area contributed by atoms with E-state index in [-0.39, 0.29) is 16.8 Å². The van der Waals surface area contributed by atoms with Gasteiger partial charge in [0.25, 0.3) is 0 Å². The third-order valence-electron chi connectivity index (χ3n) is 3.13. The zero-order chi connectivity index (χ0) is 13.3. The van der Waals surface area contributed by atoms with Crippen molar-refractivity contribution in [3.8, 4) is 0 Å². The number of sulfonamides is 1. The van der Waals surface area contributed by atoms with Crippen molar-refractivity contribution in [1.82, 2.24) is 14.2 Å². The molecule has 6 nitrogen and oxygen atoms in total. The summed E-state index contributed by atoms with van der Waals surface area (Å²) >= 11 is 0. The van der Waals surface area contributed by atoms with Gasteiger partial charge in [0.05, 0.1) is 4.90 Å². The molecule has 18 heavy (non-hydrogen) atoms. The Kier molecular flexibility index (Phi) is 3.56. The molecule has 0 aromatic carbocycles. The van der Waals surface area contributed by atoms with E-state index in [1.54, 1.807) is 0 Å².